The van der Waals surface area contributed by atoms with Crippen LogP contribution in [0.15, 0.2) is 0 Å². The molecule has 2 atom stereocenters. The van der Waals surface area contributed by atoms with Crippen LogP contribution in [0.4, 0.5) is 0 Å². The molecule has 0 aromatic rings. The Bertz CT molecular complexity index is 226. The third kappa shape index (κ3) is 2.76. The van der Waals surface area contributed by atoms with E-state index in [2.05, 4.69) is 12.2 Å². The average Bonchev–Trinajstić information content (AvgIpc) is 3.15. The maximum Gasteiger partial charge on any atom is 0.0659 e. The molecule has 0 amide bonds. The lowest BCUT2D eigenvalue weighted by atomic mass is 9.93. The number of rotatable bonds is 8. The Labute approximate surface area is 99.1 Å². The van der Waals surface area contributed by atoms with Crippen molar-refractivity contribution in [3.05, 3.63) is 0 Å². The van der Waals surface area contributed by atoms with E-state index in [0.717, 1.165) is 30.9 Å². The van der Waals surface area contributed by atoms with Crippen LogP contribution in [0.3, 0.4) is 0 Å². The van der Waals surface area contributed by atoms with Crippen molar-refractivity contribution in [1.29, 1.82) is 0 Å². The van der Waals surface area contributed by atoms with E-state index < -0.39 is 0 Å². The summed E-state index contributed by atoms with van der Waals surface area (Å²) < 4.78 is 5.37. The van der Waals surface area contributed by atoms with E-state index in [-0.39, 0.29) is 5.54 Å². The first-order valence-electron chi connectivity index (χ1n) is 6.66. The third-order valence-corrected chi connectivity index (χ3v) is 4.33. The molecule has 2 rings (SSSR count). The first-order valence-corrected chi connectivity index (χ1v) is 6.66. The highest BCUT2D eigenvalue weighted by molar-refractivity contribution is 5.02. The van der Waals surface area contributed by atoms with Gasteiger partial charge in [0.15, 0.2) is 0 Å². The van der Waals surface area contributed by atoms with Crippen LogP contribution in [0.1, 0.15) is 32.6 Å². The van der Waals surface area contributed by atoms with Gasteiger partial charge in [0.05, 0.1) is 12.1 Å². The molecule has 94 valence electrons. The predicted molar refractivity (Wildman–Crippen MR) is 66.3 cm³/mol. The molecule has 0 saturated heterocycles. The summed E-state index contributed by atoms with van der Waals surface area (Å²) in [6, 6.07) is 0. The summed E-state index contributed by atoms with van der Waals surface area (Å²) in [4.78, 5) is 0. The normalized spacial score (nSPS) is 26.4. The monoisotopic (exact) mass is 226 g/mol. The molecule has 0 aliphatic heterocycles. The standard InChI is InChI=1S/C13H26N2O/c1-10(11-3-4-11)7-15-13(8-14,9-16-2)12-5-6-12/h10-12,15H,3-9,14H2,1-2H3. The Morgan fingerprint density at radius 2 is 2.06 bits per heavy atom. The molecule has 2 fully saturated rings. The third-order valence-electron chi connectivity index (χ3n) is 4.33. The van der Waals surface area contributed by atoms with Crippen LogP contribution < -0.4 is 11.1 Å². The minimum atomic E-state index is 0.0535. The van der Waals surface area contributed by atoms with Crippen molar-refractivity contribution >= 4 is 0 Å². The molecule has 0 aromatic heterocycles. The number of hydrogen-bond donors (Lipinski definition) is 2. The van der Waals surface area contributed by atoms with Crippen molar-refractivity contribution in [3.8, 4) is 0 Å². The fraction of sp³-hybridized carbons (Fsp3) is 1.00. The maximum absolute atomic E-state index is 5.97. The molecule has 2 aliphatic carbocycles. The molecular weight excluding hydrogens is 200 g/mol. The molecule has 2 aliphatic rings. The minimum absolute atomic E-state index is 0.0535. The first-order chi connectivity index (χ1) is 7.72. The number of hydrogen-bond acceptors (Lipinski definition) is 3. The summed E-state index contributed by atoms with van der Waals surface area (Å²) in [6.07, 6.45) is 5.47. The van der Waals surface area contributed by atoms with Gasteiger partial charge in [0.2, 0.25) is 0 Å². The predicted octanol–water partition coefficient (Wildman–Crippen LogP) is 1.38. The topological polar surface area (TPSA) is 47.3 Å². The van der Waals surface area contributed by atoms with Crippen LogP contribution in [0, 0.1) is 17.8 Å². The van der Waals surface area contributed by atoms with Crippen molar-refractivity contribution in [2.45, 2.75) is 38.1 Å². The van der Waals surface area contributed by atoms with Crippen molar-refractivity contribution in [3.63, 3.8) is 0 Å². The van der Waals surface area contributed by atoms with Crippen molar-refractivity contribution in [2.24, 2.45) is 23.5 Å². The first kappa shape index (κ1) is 12.3. The summed E-state index contributed by atoms with van der Waals surface area (Å²) in [5, 5.41) is 3.72. The zero-order valence-corrected chi connectivity index (χ0v) is 10.7. The second-order valence-electron chi connectivity index (χ2n) is 5.76. The van der Waals surface area contributed by atoms with E-state index in [1.165, 1.54) is 25.7 Å². The lowest BCUT2D eigenvalue weighted by Gasteiger charge is -2.34. The largest absolute Gasteiger partial charge is 0.383 e. The van der Waals surface area contributed by atoms with Gasteiger partial charge in [0.1, 0.15) is 0 Å². The van der Waals surface area contributed by atoms with Crippen LogP contribution in [-0.2, 0) is 4.74 Å². The Balaban J connectivity index is 1.84. The molecule has 2 saturated carbocycles. The van der Waals surface area contributed by atoms with E-state index in [1.807, 2.05) is 0 Å². The molecule has 2 unspecified atom stereocenters. The summed E-state index contributed by atoms with van der Waals surface area (Å²) in [7, 11) is 1.78. The van der Waals surface area contributed by atoms with Crippen molar-refractivity contribution in [1.82, 2.24) is 5.32 Å². The quantitative estimate of drug-likeness (QED) is 0.657. The van der Waals surface area contributed by atoms with Crippen LogP contribution in [-0.4, -0.2) is 32.3 Å². The molecule has 0 aromatic carbocycles. The Morgan fingerprint density at radius 1 is 1.38 bits per heavy atom. The highest BCUT2D eigenvalue weighted by Gasteiger charge is 2.44. The van der Waals surface area contributed by atoms with Crippen molar-refractivity contribution < 1.29 is 4.74 Å². The Hall–Kier alpha value is -0.120. The molecular formula is C13H26N2O. The molecule has 0 spiro atoms. The van der Waals surface area contributed by atoms with Gasteiger partial charge in [-0.3, -0.25) is 0 Å². The molecule has 0 bridgehead atoms. The van der Waals surface area contributed by atoms with E-state index in [4.69, 9.17) is 10.5 Å². The highest BCUT2D eigenvalue weighted by atomic mass is 16.5. The zero-order chi connectivity index (χ0) is 11.6. The Kier molecular flexibility index (Phi) is 3.88. The highest BCUT2D eigenvalue weighted by Crippen LogP contribution is 2.40. The van der Waals surface area contributed by atoms with Crippen LogP contribution in [0.25, 0.3) is 0 Å². The van der Waals surface area contributed by atoms with Gasteiger partial charge in [-0.1, -0.05) is 6.92 Å². The average molecular weight is 226 g/mol. The fourth-order valence-corrected chi connectivity index (χ4v) is 2.70. The Morgan fingerprint density at radius 3 is 2.50 bits per heavy atom. The maximum atomic E-state index is 5.97. The van der Waals surface area contributed by atoms with Gasteiger partial charge in [-0.2, -0.15) is 0 Å². The van der Waals surface area contributed by atoms with Gasteiger partial charge in [-0.25, -0.2) is 0 Å². The molecule has 0 radical (unpaired) electrons. The van der Waals surface area contributed by atoms with Crippen molar-refractivity contribution in [2.75, 3.05) is 26.8 Å². The number of nitrogens with one attached hydrogen (secondary N) is 1. The van der Waals surface area contributed by atoms with E-state index in [9.17, 15) is 0 Å². The van der Waals surface area contributed by atoms with Gasteiger partial charge in [-0.05, 0) is 50.0 Å². The van der Waals surface area contributed by atoms with Gasteiger partial charge >= 0.3 is 0 Å². The number of methoxy groups -OCH3 is 1. The van der Waals surface area contributed by atoms with E-state index in [0.29, 0.717) is 6.54 Å². The lowest BCUT2D eigenvalue weighted by molar-refractivity contribution is 0.0951. The smallest absolute Gasteiger partial charge is 0.0659 e. The van der Waals surface area contributed by atoms with Gasteiger partial charge in [0.25, 0.3) is 0 Å². The summed E-state index contributed by atoms with van der Waals surface area (Å²) in [6.45, 7) is 4.90. The number of nitrogens with two attached hydrogens (primary N) is 1. The molecule has 0 heterocycles. The van der Waals surface area contributed by atoms with Gasteiger partial charge in [0, 0.05) is 13.7 Å². The minimum Gasteiger partial charge on any atom is -0.383 e. The SMILES string of the molecule is COCC(CN)(NCC(C)C1CC1)C1CC1. The van der Waals surface area contributed by atoms with Crippen LogP contribution >= 0.6 is 0 Å². The summed E-state index contributed by atoms with van der Waals surface area (Å²) >= 11 is 0. The summed E-state index contributed by atoms with van der Waals surface area (Å²) in [5.74, 6) is 2.50. The van der Waals surface area contributed by atoms with Gasteiger partial charge < -0.3 is 15.8 Å². The zero-order valence-electron chi connectivity index (χ0n) is 10.7. The van der Waals surface area contributed by atoms with E-state index in [1.54, 1.807) is 7.11 Å². The molecule has 16 heavy (non-hydrogen) atoms. The van der Waals surface area contributed by atoms with Gasteiger partial charge in [-0.15, -0.1) is 0 Å². The summed E-state index contributed by atoms with van der Waals surface area (Å²) in [5.41, 5.74) is 6.02. The second-order valence-corrected chi connectivity index (χ2v) is 5.76. The fourth-order valence-electron chi connectivity index (χ4n) is 2.70. The molecule has 3 N–H and O–H groups in total. The van der Waals surface area contributed by atoms with Crippen LogP contribution in [0.5, 0.6) is 0 Å². The lowest BCUT2D eigenvalue weighted by Crippen LogP contribution is -2.57. The van der Waals surface area contributed by atoms with E-state index >= 15 is 0 Å². The molecule has 3 heteroatoms. The second kappa shape index (κ2) is 5.03. The van der Waals surface area contributed by atoms with Crippen LogP contribution in [0.2, 0.25) is 0 Å². The molecule has 3 nitrogen and oxygen atoms in total. The number of ether oxygens (including phenoxy) is 1.